The fraction of sp³-hybridized carbons (Fsp3) is 0.467. The summed E-state index contributed by atoms with van der Waals surface area (Å²) < 4.78 is 18.9. The molecule has 0 fully saturated rings. The molecule has 2 amide bonds. The van der Waals surface area contributed by atoms with Crippen molar-refractivity contribution in [2.24, 2.45) is 0 Å². The molecule has 1 aromatic carbocycles. The maximum atomic E-state index is 13.1. The van der Waals surface area contributed by atoms with Gasteiger partial charge in [0.25, 0.3) is 5.91 Å². The van der Waals surface area contributed by atoms with E-state index in [1.807, 2.05) is 22.6 Å². The molecule has 0 bridgehead atoms. The molecule has 0 spiro atoms. The second-order valence-electron chi connectivity index (χ2n) is 5.66. The van der Waals surface area contributed by atoms with Crippen LogP contribution < -0.4 is 10.6 Å². The average Bonchev–Trinajstić information content (AvgIpc) is 2.38. The van der Waals surface area contributed by atoms with Gasteiger partial charge in [-0.1, -0.05) is 0 Å². The molecule has 0 atom stereocenters. The normalized spacial score (nSPS) is 11.0. The molecule has 22 heavy (non-hydrogen) atoms. The number of halogens is 2. The van der Waals surface area contributed by atoms with Gasteiger partial charge in [-0.05, 0) is 68.0 Å². The molecule has 7 heteroatoms. The summed E-state index contributed by atoms with van der Waals surface area (Å²) in [6.07, 6.45) is 0.0650. The van der Waals surface area contributed by atoms with Crippen molar-refractivity contribution in [2.75, 3.05) is 13.1 Å². The van der Waals surface area contributed by atoms with Gasteiger partial charge in [0, 0.05) is 16.7 Å². The van der Waals surface area contributed by atoms with Gasteiger partial charge < -0.3 is 15.4 Å². The number of alkyl carbamates (subject to hydrolysis) is 1. The summed E-state index contributed by atoms with van der Waals surface area (Å²) in [5.74, 6) is -0.779. The highest BCUT2D eigenvalue weighted by Crippen LogP contribution is 2.13. The lowest BCUT2D eigenvalue weighted by molar-refractivity contribution is 0.0527. The van der Waals surface area contributed by atoms with Crippen LogP contribution >= 0.6 is 22.6 Å². The van der Waals surface area contributed by atoms with Crippen LogP contribution in [0.3, 0.4) is 0 Å². The van der Waals surface area contributed by atoms with E-state index < -0.39 is 17.5 Å². The first kappa shape index (κ1) is 18.7. The first-order valence-corrected chi connectivity index (χ1v) is 7.97. The zero-order chi connectivity index (χ0) is 16.8. The quantitative estimate of drug-likeness (QED) is 0.566. The van der Waals surface area contributed by atoms with Crippen LogP contribution in [0.1, 0.15) is 37.6 Å². The standard InChI is InChI=1S/C15H20FIN2O3/c1-15(2,3)22-14(21)19-8-4-7-18-13(20)11-9-10(16)5-6-12(11)17/h5-6,9H,4,7-8H2,1-3H3,(H,18,20)(H,19,21). The summed E-state index contributed by atoms with van der Waals surface area (Å²) in [5, 5.41) is 5.29. The van der Waals surface area contributed by atoms with E-state index in [9.17, 15) is 14.0 Å². The average molecular weight is 422 g/mol. The second-order valence-corrected chi connectivity index (χ2v) is 6.82. The van der Waals surface area contributed by atoms with Crippen molar-refractivity contribution in [3.8, 4) is 0 Å². The Morgan fingerprint density at radius 2 is 1.86 bits per heavy atom. The molecule has 0 aliphatic carbocycles. The zero-order valence-corrected chi connectivity index (χ0v) is 15.0. The number of nitrogens with one attached hydrogen (secondary N) is 2. The van der Waals surface area contributed by atoms with Crippen molar-refractivity contribution in [3.63, 3.8) is 0 Å². The highest BCUT2D eigenvalue weighted by Gasteiger charge is 2.15. The van der Waals surface area contributed by atoms with E-state index in [1.165, 1.54) is 12.1 Å². The fourth-order valence-corrected chi connectivity index (χ4v) is 2.14. The van der Waals surface area contributed by atoms with Gasteiger partial charge in [0.05, 0.1) is 5.56 Å². The number of carbonyl (C=O) groups excluding carboxylic acids is 2. The molecule has 1 rings (SSSR count). The Morgan fingerprint density at radius 1 is 1.23 bits per heavy atom. The number of rotatable bonds is 5. The summed E-state index contributed by atoms with van der Waals surface area (Å²) >= 11 is 1.98. The SMILES string of the molecule is CC(C)(C)OC(=O)NCCCNC(=O)c1cc(F)ccc1I. The van der Waals surface area contributed by atoms with Gasteiger partial charge in [0.2, 0.25) is 0 Å². The minimum absolute atomic E-state index is 0.306. The van der Waals surface area contributed by atoms with Gasteiger partial charge >= 0.3 is 6.09 Å². The number of amides is 2. The van der Waals surface area contributed by atoms with Gasteiger partial charge in [-0.25, -0.2) is 9.18 Å². The summed E-state index contributed by atoms with van der Waals surface area (Å²) in [6, 6.07) is 4.06. The molecule has 0 radical (unpaired) electrons. The Labute approximate surface area is 143 Å². The molecule has 122 valence electrons. The Bertz CT molecular complexity index is 544. The van der Waals surface area contributed by atoms with Crippen molar-refractivity contribution in [1.82, 2.24) is 10.6 Å². The van der Waals surface area contributed by atoms with Crippen molar-refractivity contribution >= 4 is 34.6 Å². The van der Waals surface area contributed by atoms with Crippen LogP contribution in [0, 0.1) is 9.39 Å². The number of carbonyl (C=O) groups is 2. The van der Waals surface area contributed by atoms with Gasteiger partial charge in [-0.15, -0.1) is 0 Å². The Hall–Kier alpha value is -1.38. The van der Waals surface area contributed by atoms with E-state index in [0.717, 1.165) is 0 Å². The Balaban J connectivity index is 2.29. The smallest absolute Gasteiger partial charge is 0.407 e. The molecule has 0 aliphatic heterocycles. The lowest BCUT2D eigenvalue weighted by atomic mass is 10.2. The van der Waals surface area contributed by atoms with Crippen LogP contribution in [0.25, 0.3) is 0 Å². The van der Waals surface area contributed by atoms with E-state index in [2.05, 4.69) is 10.6 Å². The van der Waals surface area contributed by atoms with Crippen molar-refractivity contribution < 1.29 is 18.7 Å². The zero-order valence-electron chi connectivity index (χ0n) is 12.8. The number of benzene rings is 1. The van der Waals surface area contributed by atoms with E-state index in [4.69, 9.17) is 4.74 Å². The molecule has 5 nitrogen and oxygen atoms in total. The molecule has 1 aromatic rings. The lowest BCUT2D eigenvalue weighted by Crippen LogP contribution is -2.34. The van der Waals surface area contributed by atoms with Gasteiger partial charge in [0.15, 0.2) is 0 Å². The molecule has 0 aliphatic rings. The van der Waals surface area contributed by atoms with E-state index in [1.54, 1.807) is 26.8 Å². The first-order chi connectivity index (χ1) is 10.2. The topological polar surface area (TPSA) is 67.4 Å². The Morgan fingerprint density at radius 3 is 2.50 bits per heavy atom. The van der Waals surface area contributed by atoms with Gasteiger partial charge in [0.1, 0.15) is 11.4 Å². The molecule has 0 saturated heterocycles. The molecular weight excluding hydrogens is 402 g/mol. The first-order valence-electron chi connectivity index (χ1n) is 6.89. The van der Waals surface area contributed by atoms with Crippen LogP contribution in [0.4, 0.5) is 9.18 Å². The molecule has 2 N–H and O–H groups in total. The number of hydrogen-bond acceptors (Lipinski definition) is 3. The highest BCUT2D eigenvalue weighted by molar-refractivity contribution is 14.1. The molecule has 0 aromatic heterocycles. The molecule has 0 heterocycles. The maximum absolute atomic E-state index is 13.1. The lowest BCUT2D eigenvalue weighted by Gasteiger charge is -2.19. The van der Waals surface area contributed by atoms with Crippen LogP contribution in [0.2, 0.25) is 0 Å². The molecular formula is C15H20FIN2O3. The second kappa shape index (κ2) is 8.30. The third-order valence-corrected chi connectivity index (χ3v) is 3.42. The van der Waals surface area contributed by atoms with Crippen LogP contribution in [0.15, 0.2) is 18.2 Å². The van der Waals surface area contributed by atoms with Crippen molar-refractivity contribution in [3.05, 3.63) is 33.1 Å². The minimum atomic E-state index is -0.535. The van der Waals surface area contributed by atoms with E-state index in [-0.39, 0.29) is 5.91 Å². The summed E-state index contributed by atoms with van der Waals surface area (Å²) in [5.41, 5.74) is -0.229. The maximum Gasteiger partial charge on any atom is 0.407 e. The summed E-state index contributed by atoms with van der Waals surface area (Å²) in [6.45, 7) is 6.12. The monoisotopic (exact) mass is 422 g/mol. The predicted octanol–water partition coefficient (Wildman–Crippen LogP) is 3.07. The minimum Gasteiger partial charge on any atom is -0.444 e. The van der Waals surface area contributed by atoms with Crippen LogP contribution in [-0.4, -0.2) is 30.7 Å². The van der Waals surface area contributed by atoms with E-state index in [0.29, 0.717) is 28.6 Å². The van der Waals surface area contributed by atoms with Crippen LogP contribution in [-0.2, 0) is 4.74 Å². The number of hydrogen-bond donors (Lipinski definition) is 2. The van der Waals surface area contributed by atoms with Crippen LogP contribution in [0.5, 0.6) is 0 Å². The Kier molecular flexibility index (Phi) is 7.05. The number of ether oxygens (including phenoxy) is 1. The van der Waals surface area contributed by atoms with Crippen molar-refractivity contribution in [1.29, 1.82) is 0 Å². The van der Waals surface area contributed by atoms with Gasteiger partial charge in [-0.3, -0.25) is 4.79 Å². The third kappa shape index (κ3) is 7.06. The summed E-state index contributed by atoms with van der Waals surface area (Å²) in [4.78, 5) is 23.3. The van der Waals surface area contributed by atoms with Gasteiger partial charge in [-0.2, -0.15) is 0 Å². The third-order valence-electron chi connectivity index (χ3n) is 2.48. The summed E-state index contributed by atoms with van der Waals surface area (Å²) in [7, 11) is 0. The van der Waals surface area contributed by atoms with Crippen molar-refractivity contribution in [2.45, 2.75) is 32.8 Å². The predicted molar refractivity (Wildman–Crippen MR) is 90.3 cm³/mol. The highest BCUT2D eigenvalue weighted by atomic mass is 127. The largest absolute Gasteiger partial charge is 0.444 e. The fourth-order valence-electron chi connectivity index (χ4n) is 1.56. The van der Waals surface area contributed by atoms with E-state index >= 15 is 0 Å². The molecule has 0 saturated carbocycles. The molecule has 0 unspecified atom stereocenters.